The summed E-state index contributed by atoms with van der Waals surface area (Å²) in [5, 5.41) is 9.69. The Morgan fingerprint density at radius 2 is 1.84 bits per heavy atom. The maximum Gasteiger partial charge on any atom is 0.323 e. The van der Waals surface area contributed by atoms with Crippen molar-refractivity contribution in [3.63, 3.8) is 0 Å². The van der Waals surface area contributed by atoms with Crippen molar-refractivity contribution in [1.29, 1.82) is 0 Å². The molecule has 1 aliphatic rings. The predicted molar refractivity (Wildman–Crippen MR) is 72.7 cm³/mol. The lowest BCUT2D eigenvalue weighted by Crippen LogP contribution is -2.49. The largest absolute Gasteiger partial charge is 0.480 e. The van der Waals surface area contributed by atoms with Crippen LogP contribution in [0.5, 0.6) is 0 Å². The highest BCUT2D eigenvalue weighted by Crippen LogP contribution is 2.46. The minimum atomic E-state index is -1.35. The highest BCUT2D eigenvalue weighted by atomic mass is 16.5. The molecule has 0 heterocycles. The van der Waals surface area contributed by atoms with Gasteiger partial charge in [0.15, 0.2) is 5.41 Å². The first-order chi connectivity index (χ1) is 9.04. The number of carbonyl (C=O) groups is 2. The van der Waals surface area contributed by atoms with Crippen LogP contribution in [0.2, 0.25) is 0 Å². The summed E-state index contributed by atoms with van der Waals surface area (Å²) in [6.07, 6.45) is 5.22. The first kappa shape index (κ1) is 16.0. The van der Waals surface area contributed by atoms with Crippen LogP contribution >= 0.6 is 0 Å². The molecular weight excluding hydrogens is 244 g/mol. The second kappa shape index (κ2) is 6.92. The fourth-order valence-corrected chi connectivity index (χ4v) is 3.56. The number of rotatable bonds is 6. The van der Waals surface area contributed by atoms with Gasteiger partial charge in [-0.2, -0.15) is 0 Å². The highest BCUT2D eigenvalue weighted by Gasteiger charge is 2.54. The predicted octanol–water partition coefficient (Wildman–Crippen LogP) is 3.25. The molecule has 0 aromatic rings. The van der Waals surface area contributed by atoms with Crippen LogP contribution in [0.1, 0.15) is 59.3 Å². The average molecular weight is 270 g/mol. The monoisotopic (exact) mass is 270 g/mol. The van der Waals surface area contributed by atoms with Crippen molar-refractivity contribution >= 4 is 11.9 Å². The average Bonchev–Trinajstić information content (AvgIpc) is 2.40. The molecule has 3 unspecified atom stereocenters. The number of carbonyl (C=O) groups excluding carboxylic acids is 1. The summed E-state index contributed by atoms with van der Waals surface area (Å²) in [5.41, 5.74) is -1.35. The third-order valence-electron chi connectivity index (χ3n) is 4.65. The molecule has 0 aliphatic heterocycles. The van der Waals surface area contributed by atoms with Crippen molar-refractivity contribution in [1.82, 2.24) is 0 Å². The SMILES string of the molecule is CCOC(=O)C(CC)(C(=O)O)C1CCCCC1CC. The maximum absolute atomic E-state index is 12.3. The van der Waals surface area contributed by atoms with Crippen LogP contribution in [-0.2, 0) is 14.3 Å². The molecule has 3 atom stereocenters. The molecule has 0 bridgehead atoms. The Hall–Kier alpha value is -1.06. The van der Waals surface area contributed by atoms with Gasteiger partial charge in [-0.25, -0.2) is 0 Å². The first-order valence-electron chi connectivity index (χ1n) is 7.45. The second-order valence-corrected chi connectivity index (χ2v) is 5.41. The number of carboxylic acids is 1. The van der Waals surface area contributed by atoms with Gasteiger partial charge in [0.1, 0.15) is 0 Å². The van der Waals surface area contributed by atoms with Gasteiger partial charge in [0.25, 0.3) is 0 Å². The number of carboxylic acid groups (broad SMARTS) is 1. The Balaban J connectivity index is 3.13. The third kappa shape index (κ3) is 2.93. The molecule has 0 aromatic carbocycles. The summed E-state index contributed by atoms with van der Waals surface area (Å²) >= 11 is 0. The van der Waals surface area contributed by atoms with Gasteiger partial charge < -0.3 is 9.84 Å². The molecule has 1 aliphatic carbocycles. The maximum atomic E-state index is 12.3. The van der Waals surface area contributed by atoms with Crippen LogP contribution < -0.4 is 0 Å². The fourth-order valence-electron chi connectivity index (χ4n) is 3.56. The highest BCUT2D eigenvalue weighted by molar-refractivity contribution is 5.99. The van der Waals surface area contributed by atoms with Crippen molar-refractivity contribution in [3.05, 3.63) is 0 Å². The zero-order chi connectivity index (χ0) is 14.5. The fraction of sp³-hybridized carbons (Fsp3) is 0.867. The third-order valence-corrected chi connectivity index (χ3v) is 4.65. The first-order valence-corrected chi connectivity index (χ1v) is 7.45. The molecule has 4 heteroatoms. The lowest BCUT2D eigenvalue weighted by atomic mass is 9.61. The van der Waals surface area contributed by atoms with Gasteiger partial charge in [-0.3, -0.25) is 9.59 Å². The van der Waals surface area contributed by atoms with E-state index in [0.29, 0.717) is 12.3 Å². The number of hydrogen-bond acceptors (Lipinski definition) is 3. The minimum Gasteiger partial charge on any atom is -0.480 e. The van der Waals surface area contributed by atoms with E-state index in [9.17, 15) is 14.7 Å². The Bertz CT molecular complexity index is 326. The zero-order valence-electron chi connectivity index (χ0n) is 12.3. The van der Waals surface area contributed by atoms with Crippen molar-refractivity contribution in [2.75, 3.05) is 6.61 Å². The molecular formula is C15H26O4. The van der Waals surface area contributed by atoms with Gasteiger partial charge in [-0.15, -0.1) is 0 Å². The molecule has 1 saturated carbocycles. The van der Waals surface area contributed by atoms with Crippen molar-refractivity contribution in [2.24, 2.45) is 17.3 Å². The molecule has 1 N–H and O–H groups in total. The number of aliphatic carboxylic acids is 1. The van der Waals surface area contributed by atoms with Gasteiger partial charge in [0.2, 0.25) is 0 Å². The van der Waals surface area contributed by atoms with Gasteiger partial charge in [-0.1, -0.05) is 39.5 Å². The molecule has 0 amide bonds. The number of ether oxygens (including phenoxy) is 1. The standard InChI is InChI=1S/C15H26O4/c1-4-11-9-7-8-10-12(11)15(5-2,13(16)17)14(18)19-6-3/h11-12H,4-10H2,1-3H3,(H,16,17). The van der Waals surface area contributed by atoms with E-state index in [-0.39, 0.29) is 12.5 Å². The lowest BCUT2D eigenvalue weighted by molar-refractivity contribution is -0.177. The molecule has 0 radical (unpaired) electrons. The van der Waals surface area contributed by atoms with E-state index < -0.39 is 17.4 Å². The van der Waals surface area contributed by atoms with Crippen LogP contribution in [0.4, 0.5) is 0 Å². The molecule has 0 aromatic heterocycles. The van der Waals surface area contributed by atoms with Crippen molar-refractivity contribution in [3.8, 4) is 0 Å². The molecule has 0 saturated heterocycles. The summed E-state index contributed by atoms with van der Waals surface area (Å²) in [5.74, 6) is -1.34. The van der Waals surface area contributed by atoms with E-state index in [2.05, 4.69) is 6.92 Å². The molecule has 4 nitrogen and oxygen atoms in total. The van der Waals surface area contributed by atoms with Gasteiger partial charge in [0, 0.05) is 0 Å². The molecule has 0 spiro atoms. The van der Waals surface area contributed by atoms with Crippen LogP contribution in [0.25, 0.3) is 0 Å². The molecule has 110 valence electrons. The lowest BCUT2D eigenvalue weighted by Gasteiger charge is -2.41. The number of esters is 1. The summed E-state index contributed by atoms with van der Waals surface area (Å²) in [6.45, 7) is 5.82. The Kier molecular flexibility index (Phi) is 5.83. The summed E-state index contributed by atoms with van der Waals surface area (Å²) in [6, 6.07) is 0. The molecule has 1 fully saturated rings. The summed E-state index contributed by atoms with van der Waals surface area (Å²) in [7, 11) is 0. The van der Waals surface area contributed by atoms with Crippen molar-refractivity contribution < 1.29 is 19.4 Å². The van der Waals surface area contributed by atoms with E-state index in [1.165, 1.54) is 0 Å². The second-order valence-electron chi connectivity index (χ2n) is 5.41. The van der Waals surface area contributed by atoms with E-state index in [1.807, 2.05) is 0 Å². The Morgan fingerprint density at radius 3 is 2.32 bits per heavy atom. The topological polar surface area (TPSA) is 63.6 Å². The van der Waals surface area contributed by atoms with Crippen LogP contribution in [0.15, 0.2) is 0 Å². The zero-order valence-corrected chi connectivity index (χ0v) is 12.3. The van der Waals surface area contributed by atoms with Crippen molar-refractivity contribution in [2.45, 2.75) is 59.3 Å². The summed E-state index contributed by atoms with van der Waals surface area (Å²) in [4.78, 5) is 24.1. The van der Waals surface area contributed by atoms with E-state index in [1.54, 1.807) is 13.8 Å². The summed E-state index contributed by atoms with van der Waals surface area (Å²) < 4.78 is 5.09. The quantitative estimate of drug-likeness (QED) is 0.594. The van der Waals surface area contributed by atoms with Gasteiger partial charge >= 0.3 is 11.9 Å². The molecule has 19 heavy (non-hydrogen) atoms. The molecule has 1 rings (SSSR count). The van der Waals surface area contributed by atoms with Crippen LogP contribution in [0, 0.1) is 17.3 Å². The normalized spacial score (nSPS) is 26.5. The Labute approximate surface area is 115 Å². The van der Waals surface area contributed by atoms with Gasteiger partial charge in [-0.05, 0) is 31.6 Å². The Morgan fingerprint density at radius 1 is 1.21 bits per heavy atom. The van der Waals surface area contributed by atoms with Crippen LogP contribution in [-0.4, -0.2) is 23.7 Å². The van der Waals surface area contributed by atoms with E-state index in [0.717, 1.165) is 32.1 Å². The van der Waals surface area contributed by atoms with Gasteiger partial charge in [0.05, 0.1) is 6.61 Å². The minimum absolute atomic E-state index is 0.0900. The van der Waals surface area contributed by atoms with E-state index in [4.69, 9.17) is 4.74 Å². The number of hydrogen-bond donors (Lipinski definition) is 1. The van der Waals surface area contributed by atoms with Crippen LogP contribution in [0.3, 0.4) is 0 Å². The smallest absolute Gasteiger partial charge is 0.323 e. The van der Waals surface area contributed by atoms with E-state index >= 15 is 0 Å².